The van der Waals surface area contributed by atoms with E-state index < -0.39 is 0 Å². The number of aliphatic imine (C=N–C) groups is 1. The van der Waals surface area contributed by atoms with Crippen LogP contribution in [0, 0.1) is 12.7 Å². The molecule has 0 saturated heterocycles. The lowest BCUT2D eigenvalue weighted by Gasteiger charge is -2.11. The van der Waals surface area contributed by atoms with Gasteiger partial charge in [-0.05, 0) is 37.5 Å². The summed E-state index contributed by atoms with van der Waals surface area (Å²) in [6.07, 6.45) is 2.13. The van der Waals surface area contributed by atoms with E-state index in [-0.39, 0.29) is 29.8 Å². The Labute approximate surface area is 164 Å². The first-order chi connectivity index (χ1) is 11.7. The number of halogens is 2. The minimum atomic E-state index is -0.195. The molecule has 0 atom stereocenters. The third-order valence-corrected chi connectivity index (χ3v) is 4.10. The predicted octanol–water partition coefficient (Wildman–Crippen LogP) is 2.55. The lowest BCUT2D eigenvalue weighted by atomic mass is 10.1. The van der Waals surface area contributed by atoms with Crippen LogP contribution in [0.4, 0.5) is 4.39 Å². The van der Waals surface area contributed by atoms with Crippen LogP contribution in [0.25, 0.3) is 0 Å². The van der Waals surface area contributed by atoms with Crippen LogP contribution in [-0.2, 0) is 26.1 Å². The number of benzene rings is 1. The van der Waals surface area contributed by atoms with Crippen LogP contribution in [0.5, 0.6) is 0 Å². The van der Waals surface area contributed by atoms with E-state index in [0.717, 1.165) is 43.1 Å². The van der Waals surface area contributed by atoms with Crippen molar-refractivity contribution in [3.63, 3.8) is 0 Å². The van der Waals surface area contributed by atoms with Gasteiger partial charge in [-0.25, -0.2) is 9.38 Å². The Morgan fingerprint density at radius 1 is 1.32 bits per heavy atom. The second kappa shape index (κ2) is 9.12. The molecule has 0 spiro atoms. The van der Waals surface area contributed by atoms with Gasteiger partial charge in [0.05, 0.1) is 13.1 Å². The molecule has 2 aromatic rings. The van der Waals surface area contributed by atoms with Crippen LogP contribution in [0.15, 0.2) is 23.2 Å². The van der Waals surface area contributed by atoms with Crippen molar-refractivity contribution < 1.29 is 4.39 Å². The van der Waals surface area contributed by atoms with Gasteiger partial charge in [-0.2, -0.15) is 0 Å². The number of nitrogens with one attached hydrogen (secondary N) is 2. The summed E-state index contributed by atoms with van der Waals surface area (Å²) in [6, 6.07) is 5.21. The first kappa shape index (κ1) is 19.6. The minimum absolute atomic E-state index is 0. The van der Waals surface area contributed by atoms with Crippen molar-refractivity contribution >= 4 is 29.9 Å². The molecule has 2 N–H and O–H groups in total. The number of fused-ring (bicyclic) bond motifs is 1. The van der Waals surface area contributed by atoms with Crippen molar-refractivity contribution in [3.05, 3.63) is 46.8 Å². The van der Waals surface area contributed by atoms with Crippen molar-refractivity contribution in [3.8, 4) is 0 Å². The fraction of sp³-hybridized carbons (Fsp3) is 0.471. The van der Waals surface area contributed by atoms with Crippen molar-refractivity contribution in [1.29, 1.82) is 0 Å². The van der Waals surface area contributed by atoms with Gasteiger partial charge < -0.3 is 15.2 Å². The quantitative estimate of drug-likeness (QED) is 0.411. The first-order valence-electron chi connectivity index (χ1n) is 8.35. The fourth-order valence-electron chi connectivity index (χ4n) is 2.75. The maximum atomic E-state index is 13.6. The number of nitrogens with zero attached hydrogens (tertiary/aromatic N) is 4. The van der Waals surface area contributed by atoms with E-state index in [0.29, 0.717) is 24.6 Å². The lowest BCUT2D eigenvalue weighted by Crippen LogP contribution is -2.37. The van der Waals surface area contributed by atoms with Crippen LogP contribution < -0.4 is 10.6 Å². The summed E-state index contributed by atoms with van der Waals surface area (Å²) in [6.45, 7) is 6.50. The number of rotatable bonds is 5. The molecule has 1 aromatic carbocycles. The van der Waals surface area contributed by atoms with Crippen molar-refractivity contribution in [2.45, 2.75) is 46.3 Å². The van der Waals surface area contributed by atoms with E-state index in [9.17, 15) is 4.39 Å². The molecule has 6 nitrogen and oxygen atoms in total. The molecule has 3 rings (SSSR count). The number of aryl methyl sites for hydroxylation is 2. The van der Waals surface area contributed by atoms with Crippen molar-refractivity contribution in [2.24, 2.45) is 4.99 Å². The maximum Gasteiger partial charge on any atom is 0.191 e. The highest BCUT2D eigenvalue weighted by molar-refractivity contribution is 14.0. The van der Waals surface area contributed by atoms with Gasteiger partial charge >= 0.3 is 0 Å². The minimum Gasteiger partial charge on any atom is -0.357 e. The molecule has 0 radical (unpaired) electrons. The number of aromatic nitrogens is 3. The summed E-state index contributed by atoms with van der Waals surface area (Å²) >= 11 is 0. The van der Waals surface area contributed by atoms with Gasteiger partial charge in [0.25, 0.3) is 0 Å². The summed E-state index contributed by atoms with van der Waals surface area (Å²) in [4.78, 5) is 4.52. The van der Waals surface area contributed by atoms with E-state index >= 15 is 0 Å². The molecule has 2 heterocycles. The van der Waals surface area contributed by atoms with Crippen molar-refractivity contribution in [1.82, 2.24) is 25.4 Å². The summed E-state index contributed by atoms with van der Waals surface area (Å²) in [5.41, 5.74) is 1.49. The lowest BCUT2D eigenvalue weighted by molar-refractivity contribution is 0.616. The van der Waals surface area contributed by atoms with Gasteiger partial charge in [0, 0.05) is 19.5 Å². The van der Waals surface area contributed by atoms with Crippen LogP contribution in [0.3, 0.4) is 0 Å². The number of hydrogen-bond acceptors (Lipinski definition) is 3. The topological polar surface area (TPSA) is 67.1 Å². The third-order valence-electron chi connectivity index (χ3n) is 4.10. The monoisotopic (exact) mass is 458 g/mol. The van der Waals surface area contributed by atoms with Gasteiger partial charge in [0.2, 0.25) is 0 Å². The molecule has 0 bridgehead atoms. The molecule has 0 amide bonds. The zero-order chi connectivity index (χ0) is 16.9. The average molecular weight is 458 g/mol. The Bertz CT molecular complexity index is 743. The summed E-state index contributed by atoms with van der Waals surface area (Å²) in [7, 11) is 0. The molecule has 0 fully saturated rings. The molecule has 1 aromatic heterocycles. The van der Waals surface area contributed by atoms with Crippen molar-refractivity contribution in [2.75, 3.05) is 6.54 Å². The molecule has 136 valence electrons. The molecule has 0 saturated carbocycles. The maximum absolute atomic E-state index is 13.6. The highest BCUT2D eigenvalue weighted by atomic mass is 127. The summed E-state index contributed by atoms with van der Waals surface area (Å²) < 4.78 is 15.8. The van der Waals surface area contributed by atoms with E-state index in [1.807, 2.05) is 13.0 Å². The zero-order valence-electron chi connectivity index (χ0n) is 14.5. The fourth-order valence-corrected chi connectivity index (χ4v) is 2.75. The Morgan fingerprint density at radius 2 is 2.16 bits per heavy atom. The van der Waals surface area contributed by atoms with E-state index in [4.69, 9.17) is 0 Å². The largest absolute Gasteiger partial charge is 0.357 e. The Balaban J connectivity index is 0.00000225. The smallest absolute Gasteiger partial charge is 0.191 e. The highest BCUT2D eigenvalue weighted by Gasteiger charge is 2.17. The number of guanidine groups is 1. The van der Waals surface area contributed by atoms with Crippen LogP contribution >= 0.6 is 24.0 Å². The van der Waals surface area contributed by atoms with E-state index in [1.54, 1.807) is 13.0 Å². The summed E-state index contributed by atoms with van der Waals surface area (Å²) in [5, 5.41) is 14.9. The SMILES string of the molecule is CCNC(=NCc1ccc(C)c(F)c1)NCc1nnc2n1CCC2.I. The Hall–Kier alpha value is -1.71. The van der Waals surface area contributed by atoms with Gasteiger partial charge in [-0.1, -0.05) is 12.1 Å². The molecule has 25 heavy (non-hydrogen) atoms. The zero-order valence-corrected chi connectivity index (χ0v) is 16.9. The molecule has 1 aliphatic rings. The van der Waals surface area contributed by atoms with Gasteiger partial charge in [-0.15, -0.1) is 34.2 Å². The number of hydrogen-bond donors (Lipinski definition) is 2. The van der Waals surface area contributed by atoms with E-state index in [1.165, 1.54) is 6.07 Å². The third kappa shape index (κ3) is 4.90. The van der Waals surface area contributed by atoms with Crippen LogP contribution in [-0.4, -0.2) is 27.3 Å². The molecule has 8 heteroatoms. The van der Waals surface area contributed by atoms with Crippen LogP contribution in [0.2, 0.25) is 0 Å². The molecular formula is C17H24FIN6. The normalized spacial score (nSPS) is 13.3. The summed E-state index contributed by atoms with van der Waals surface area (Å²) in [5.74, 6) is 2.48. The van der Waals surface area contributed by atoms with Gasteiger partial charge in [0.15, 0.2) is 11.8 Å². The Kier molecular flexibility index (Phi) is 7.15. The molecule has 1 aliphatic heterocycles. The second-order valence-electron chi connectivity index (χ2n) is 5.92. The van der Waals surface area contributed by atoms with E-state index in [2.05, 4.69) is 30.4 Å². The predicted molar refractivity (Wildman–Crippen MR) is 107 cm³/mol. The molecular weight excluding hydrogens is 434 g/mol. The average Bonchev–Trinajstić information content (AvgIpc) is 3.17. The van der Waals surface area contributed by atoms with Crippen LogP contribution in [0.1, 0.15) is 36.1 Å². The second-order valence-corrected chi connectivity index (χ2v) is 5.92. The van der Waals surface area contributed by atoms with Gasteiger partial charge in [-0.3, -0.25) is 0 Å². The standard InChI is InChI=1S/C17H23FN6.HI/c1-3-19-17(20-10-13-7-6-12(2)14(18)9-13)21-11-16-23-22-15-5-4-8-24(15)16;/h6-7,9H,3-5,8,10-11H2,1-2H3,(H2,19,20,21);1H. The highest BCUT2D eigenvalue weighted by Crippen LogP contribution is 2.13. The Morgan fingerprint density at radius 3 is 2.92 bits per heavy atom. The van der Waals surface area contributed by atoms with Gasteiger partial charge in [0.1, 0.15) is 11.6 Å². The molecule has 0 aliphatic carbocycles. The first-order valence-corrected chi connectivity index (χ1v) is 8.35. The molecule has 0 unspecified atom stereocenters.